The average Bonchev–Trinajstić information content (AvgIpc) is 2.87. The first kappa shape index (κ1) is 16.8. The molecule has 1 saturated heterocycles. The Labute approximate surface area is 143 Å². The van der Waals surface area contributed by atoms with Gasteiger partial charge in [-0.15, -0.1) is 0 Å². The van der Waals surface area contributed by atoms with Gasteiger partial charge in [-0.25, -0.2) is 14.7 Å². The molecule has 3 amide bonds. The van der Waals surface area contributed by atoms with Crippen molar-refractivity contribution in [3.05, 3.63) is 65.5 Å². The van der Waals surface area contributed by atoms with Crippen LogP contribution in [-0.4, -0.2) is 23.8 Å². The van der Waals surface area contributed by atoms with Crippen molar-refractivity contribution < 1.29 is 18.8 Å². The van der Waals surface area contributed by atoms with Crippen LogP contribution < -0.4 is 15.8 Å². The van der Waals surface area contributed by atoms with Crippen LogP contribution in [0.15, 0.2) is 48.5 Å². The Morgan fingerprint density at radius 1 is 1.16 bits per heavy atom. The largest absolute Gasteiger partial charge is 0.287 e. The quantitative estimate of drug-likeness (QED) is 0.655. The lowest BCUT2D eigenvalue weighted by Crippen LogP contribution is -2.48. The van der Waals surface area contributed by atoms with E-state index in [1.165, 1.54) is 18.2 Å². The molecule has 1 atom stereocenters. The normalized spacial score (nSPS) is 17.0. The third-order valence-corrected chi connectivity index (χ3v) is 3.89. The van der Waals surface area contributed by atoms with Gasteiger partial charge in [-0.1, -0.05) is 23.8 Å². The topological polar surface area (TPSA) is 78.5 Å². The van der Waals surface area contributed by atoms with E-state index in [1.807, 2.05) is 6.92 Å². The molecule has 1 heterocycles. The molecule has 25 heavy (non-hydrogen) atoms. The molecule has 0 bridgehead atoms. The number of rotatable bonds is 4. The fourth-order valence-electron chi connectivity index (χ4n) is 2.56. The summed E-state index contributed by atoms with van der Waals surface area (Å²) in [7, 11) is 0. The molecule has 1 fully saturated rings. The molecule has 2 N–H and O–H groups in total. The summed E-state index contributed by atoms with van der Waals surface area (Å²) in [5, 5.41) is 0. The van der Waals surface area contributed by atoms with Crippen LogP contribution in [0.4, 0.5) is 10.1 Å². The van der Waals surface area contributed by atoms with Crippen molar-refractivity contribution in [3.63, 3.8) is 0 Å². The molecule has 0 aliphatic carbocycles. The molecule has 0 radical (unpaired) electrons. The van der Waals surface area contributed by atoms with Gasteiger partial charge in [-0.2, -0.15) is 0 Å². The highest BCUT2D eigenvalue weighted by Crippen LogP contribution is 2.23. The standard InChI is InChI=1S/C18H16FN3O3/c1-11-5-7-12(8-6-11)17(24)21-20-15-10-16(23)22(18(15)25)14-4-2-3-13(19)9-14/h2-9,15,20H,10H2,1H3,(H,21,24)/t15-/m0/s1. The number of hydrogen-bond acceptors (Lipinski definition) is 4. The van der Waals surface area contributed by atoms with Crippen LogP contribution in [0, 0.1) is 12.7 Å². The fraction of sp³-hybridized carbons (Fsp3) is 0.167. The highest BCUT2D eigenvalue weighted by molar-refractivity contribution is 6.22. The van der Waals surface area contributed by atoms with Crippen molar-refractivity contribution in [2.75, 3.05) is 4.90 Å². The molecule has 128 valence electrons. The van der Waals surface area contributed by atoms with E-state index in [1.54, 1.807) is 24.3 Å². The molecule has 7 heteroatoms. The maximum Gasteiger partial charge on any atom is 0.265 e. The molecule has 0 unspecified atom stereocenters. The van der Waals surface area contributed by atoms with E-state index < -0.39 is 29.6 Å². The summed E-state index contributed by atoms with van der Waals surface area (Å²) in [6.07, 6.45) is -0.122. The van der Waals surface area contributed by atoms with Gasteiger partial charge in [0.1, 0.15) is 11.9 Å². The number of carbonyl (C=O) groups is 3. The van der Waals surface area contributed by atoms with Gasteiger partial charge < -0.3 is 0 Å². The Hall–Kier alpha value is -3.06. The summed E-state index contributed by atoms with van der Waals surface area (Å²) in [6.45, 7) is 1.91. The first-order chi connectivity index (χ1) is 12.0. The summed E-state index contributed by atoms with van der Waals surface area (Å²) in [5.41, 5.74) is 6.63. The van der Waals surface area contributed by atoms with Gasteiger partial charge in [0, 0.05) is 5.56 Å². The summed E-state index contributed by atoms with van der Waals surface area (Å²) in [4.78, 5) is 37.5. The van der Waals surface area contributed by atoms with E-state index in [-0.39, 0.29) is 12.1 Å². The number of nitrogens with zero attached hydrogens (tertiary/aromatic N) is 1. The number of imide groups is 1. The molecule has 2 aromatic rings. The van der Waals surface area contributed by atoms with Crippen molar-refractivity contribution >= 4 is 23.4 Å². The lowest BCUT2D eigenvalue weighted by molar-refractivity contribution is -0.121. The number of aryl methyl sites for hydroxylation is 1. The molecule has 6 nitrogen and oxygen atoms in total. The fourth-order valence-corrected chi connectivity index (χ4v) is 2.56. The molecule has 0 saturated carbocycles. The number of benzene rings is 2. The average molecular weight is 341 g/mol. The Kier molecular flexibility index (Phi) is 4.58. The molecular weight excluding hydrogens is 325 g/mol. The van der Waals surface area contributed by atoms with Crippen molar-refractivity contribution in [3.8, 4) is 0 Å². The molecule has 0 spiro atoms. The van der Waals surface area contributed by atoms with Crippen molar-refractivity contribution in [2.24, 2.45) is 0 Å². The van der Waals surface area contributed by atoms with Gasteiger partial charge in [0.25, 0.3) is 11.8 Å². The first-order valence-electron chi connectivity index (χ1n) is 7.70. The maximum absolute atomic E-state index is 13.3. The molecule has 0 aromatic heterocycles. The number of hydrazine groups is 1. The summed E-state index contributed by atoms with van der Waals surface area (Å²) < 4.78 is 13.3. The van der Waals surface area contributed by atoms with Gasteiger partial charge in [-0.05, 0) is 37.3 Å². The van der Waals surface area contributed by atoms with Crippen LogP contribution in [0.25, 0.3) is 0 Å². The number of anilines is 1. The zero-order valence-electron chi connectivity index (χ0n) is 13.5. The minimum absolute atomic E-state index is 0.122. The summed E-state index contributed by atoms with van der Waals surface area (Å²) in [5.74, 6) is -1.95. The Morgan fingerprint density at radius 3 is 2.56 bits per heavy atom. The van der Waals surface area contributed by atoms with Gasteiger partial charge in [0.05, 0.1) is 12.1 Å². The van der Waals surface area contributed by atoms with E-state index in [2.05, 4.69) is 10.9 Å². The van der Waals surface area contributed by atoms with Crippen molar-refractivity contribution in [1.82, 2.24) is 10.9 Å². The number of halogens is 1. The molecule has 1 aliphatic heterocycles. The van der Waals surface area contributed by atoms with Crippen LogP contribution >= 0.6 is 0 Å². The van der Waals surface area contributed by atoms with Gasteiger partial charge >= 0.3 is 0 Å². The van der Waals surface area contributed by atoms with Crippen LogP contribution in [0.2, 0.25) is 0 Å². The maximum atomic E-state index is 13.3. The Bertz CT molecular complexity index is 836. The highest BCUT2D eigenvalue weighted by atomic mass is 19.1. The predicted octanol–water partition coefficient (Wildman–Crippen LogP) is 1.70. The van der Waals surface area contributed by atoms with Crippen LogP contribution in [0.3, 0.4) is 0 Å². The minimum Gasteiger partial charge on any atom is -0.287 e. The van der Waals surface area contributed by atoms with E-state index in [0.29, 0.717) is 5.56 Å². The predicted molar refractivity (Wildman–Crippen MR) is 89.1 cm³/mol. The van der Waals surface area contributed by atoms with E-state index in [0.717, 1.165) is 16.5 Å². The molecule has 1 aliphatic rings. The second-order valence-electron chi connectivity index (χ2n) is 5.77. The third-order valence-electron chi connectivity index (χ3n) is 3.89. The lowest BCUT2D eigenvalue weighted by atomic mass is 10.1. The highest BCUT2D eigenvalue weighted by Gasteiger charge is 2.39. The van der Waals surface area contributed by atoms with Crippen LogP contribution in [-0.2, 0) is 9.59 Å². The SMILES string of the molecule is Cc1ccc(C(=O)NN[C@H]2CC(=O)N(c3cccc(F)c3)C2=O)cc1. The Balaban J connectivity index is 1.66. The summed E-state index contributed by atoms with van der Waals surface area (Å²) >= 11 is 0. The number of amides is 3. The monoisotopic (exact) mass is 341 g/mol. The van der Waals surface area contributed by atoms with Crippen LogP contribution in [0.1, 0.15) is 22.3 Å². The number of nitrogens with one attached hydrogen (secondary N) is 2. The molecule has 2 aromatic carbocycles. The van der Waals surface area contributed by atoms with Crippen LogP contribution in [0.5, 0.6) is 0 Å². The van der Waals surface area contributed by atoms with Crippen molar-refractivity contribution in [2.45, 2.75) is 19.4 Å². The molecule has 3 rings (SSSR count). The van der Waals surface area contributed by atoms with Gasteiger partial charge in [0.15, 0.2) is 0 Å². The van der Waals surface area contributed by atoms with E-state index in [4.69, 9.17) is 0 Å². The second-order valence-corrected chi connectivity index (χ2v) is 5.77. The van der Waals surface area contributed by atoms with Crippen molar-refractivity contribution in [1.29, 1.82) is 0 Å². The first-order valence-corrected chi connectivity index (χ1v) is 7.70. The zero-order chi connectivity index (χ0) is 18.0. The second kappa shape index (κ2) is 6.82. The zero-order valence-corrected chi connectivity index (χ0v) is 13.5. The molecular formula is C18H16FN3O3. The summed E-state index contributed by atoms with van der Waals surface area (Å²) in [6, 6.07) is 11.3. The smallest absolute Gasteiger partial charge is 0.265 e. The van der Waals surface area contributed by atoms with E-state index >= 15 is 0 Å². The number of carbonyl (C=O) groups excluding carboxylic acids is 3. The minimum atomic E-state index is -0.898. The van der Waals surface area contributed by atoms with E-state index in [9.17, 15) is 18.8 Å². The Morgan fingerprint density at radius 2 is 1.88 bits per heavy atom. The number of hydrogen-bond donors (Lipinski definition) is 2. The van der Waals surface area contributed by atoms with Gasteiger partial charge in [-0.3, -0.25) is 19.8 Å². The lowest BCUT2D eigenvalue weighted by Gasteiger charge is -2.16. The third kappa shape index (κ3) is 3.56. The van der Waals surface area contributed by atoms with Gasteiger partial charge in [0.2, 0.25) is 5.91 Å².